The first-order chi connectivity index (χ1) is 11.0. The number of rotatable bonds is 6. The smallest absolute Gasteiger partial charge is 0.226 e. The van der Waals surface area contributed by atoms with Crippen molar-refractivity contribution in [3.8, 4) is 0 Å². The monoisotopic (exact) mass is 310 g/mol. The molecular weight excluding hydrogens is 284 g/mol. The Morgan fingerprint density at radius 1 is 1.04 bits per heavy atom. The van der Waals surface area contributed by atoms with E-state index in [-0.39, 0.29) is 5.91 Å². The van der Waals surface area contributed by atoms with Gasteiger partial charge in [-0.05, 0) is 54.7 Å². The Bertz CT molecular complexity index is 660. The molecule has 0 saturated carbocycles. The highest BCUT2D eigenvalue weighted by atomic mass is 16.1. The van der Waals surface area contributed by atoms with Crippen molar-refractivity contribution in [2.75, 3.05) is 17.2 Å². The van der Waals surface area contributed by atoms with E-state index in [0.717, 1.165) is 22.5 Å². The van der Waals surface area contributed by atoms with Crippen LogP contribution < -0.4 is 10.6 Å². The van der Waals surface area contributed by atoms with Gasteiger partial charge in [0.1, 0.15) is 0 Å². The molecule has 3 nitrogen and oxygen atoms in total. The molecule has 2 rings (SSSR count). The third-order valence-electron chi connectivity index (χ3n) is 3.93. The van der Waals surface area contributed by atoms with E-state index in [2.05, 4.69) is 48.7 Å². The van der Waals surface area contributed by atoms with Crippen molar-refractivity contribution in [1.82, 2.24) is 0 Å². The molecule has 2 N–H and O–H groups in total. The van der Waals surface area contributed by atoms with Crippen LogP contribution >= 0.6 is 0 Å². The Kier molecular flexibility index (Phi) is 5.80. The Morgan fingerprint density at radius 2 is 1.74 bits per heavy atom. The van der Waals surface area contributed by atoms with Crippen LogP contribution in [-0.2, 0) is 4.79 Å². The van der Waals surface area contributed by atoms with Crippen LogP contribution in [0.5, 0.6) is 0 Å². The topological polar surface area (TPSA) is 41.1 Å². The summed E-state index contributed by atoms with van der Waals surface area (Å²) in [7, 11) is 0. The average Bonchev–Trinajstić information content (AvgIpc) is 2.51. The molecule has 0 saturated heterocycles. The summed E-state index contributed by atoms with van der Waals surface area (Å²) < 4.78 is 0. The van der Waals surface area contributed by atoms with E-state index >= 15 is 0 Å². The fraction of sp³-hybridized carbons (Fsp3) is 0.350. The minimum Gasteiger partial charge on any atom is -0.385 e. The van der Waals surface area contributed by atoms with Crippen LogP contribution in [0.15, 0.2) is 42.5 Å². The molecule has 0 fully saturated rings. The van der Waals surface area contributed by atoms with Gasteiger partial charge in [-0.2, -0.15) is 0 Å². The number of carbonyl (C=O) groups is 1. The molecule has 23 heavy (non-hydrogen) atoms. The lowest BCUT2D eigenvalue weighted by Gasteiger charge is -2.11. The van der Waals surface area contributed by atoms with Crippen molar-refractivity contribution in [3.63, 3.8) is 0 Å². The van der Waals surface area contributed by atoms with Crippen LogP contribution in [-0.4, -0.2) is 12.5 Å². The minimum atomic E-state index is 0.0324. The number of carbonyl (C=O) groups excluding carboxylic acids is 1. The molecule has 0 aliphatic carbocycles. The van der Waals surface area contributed by atoms with Crippen molar-refractivity contribution < 1.29 is 4.79 Å². The molecule has 0 heterocycles. The second-order valence-corrected chi connectivity index (χ2v) is 6.32. The number of amides is 1. The normalized spacial score (nSPS) is 10.7. The summed E-state index contributed by atoms with van der Waals surface area (Å²) in [5, 5.41) is 6.28. The van der Waals surface area contributed by atoms with Crippen molar-refractivity contribution in [2.45, 2.75) is 40.0 Å². The van der Waals surface area contributed by atoms with Gasteiger partial charge in [0.05, 0.1) is 0 Å². The number of anilines is 2. The van der Waals surface area contributed by atoms with E-state index < -0.39 is 0 Å². The van der Waals surface area contributed by atoms with Crippen LogP contribution in [0.25, 0.3) is 0 Å². The molecule has 2 aromatic rings. The third kappa shape index (κ3) is 5.13. The molecule has 0 bridgehead atoms. The second-order valence-electron chi connectivity index (χ2n) is 6.32. The summed E-state index contributed by atoms with van der Waals surface area (Å²) in [6.07, 6.45) is 0.444. The predicted octanol–water partition coefficient (Wildman–Crippen LogP) is 4.87. The molecule has 0 aromatic heterocycles. The van der Waals surface area contributed by atoms with Gasteiger partial charge in [0.2, 0.25) is 5.91 Å². The summed E-state index contributed by atoms with van der Waals surface area (Å²) in [6, 6.07) is 14.5. The maximum Gasteiger partial charge on any atom is 0.226 e. The zero-order valence-corrected chi connectivity index (χ0v) is 14.4. The SMILES string of the molecule is Cc1ccc(C)c(NC(=O)CCNc2ccc(C(C)C)cc2)c1. The molecule has 2 aromatic carbocycles. The van der Waals surface area contributed by atoms with E-state index in [9.17, 15) is 4.79 Å². The number of hydrogen-bond donors (Lipinski definition) is 2. The molecule has 0 aliphatic heterocycles. The summed E-state index contributed by atoms with van der Waals surface area (Å²) in [4.78, 5) is 12.1. The van der Waals surface area contributed by atoms with Gasteiger partial charge in [-0.25, -0.2) is 0 Å². The van der Waals surface area contributed by atoms with Crippen molar-refractivity contribution in [2.24, 2.45) is 0 Å². The summed E-state index contributed by atoms with van der Waals surface area (Å²) in [5.41, 5.74) is 5.50. The first-order valence-electron chi connectivity index (χ1n) is 8.16. The highest BCUT2D eigenvalue weighted by molar-refractivity contribution is 5.91. The van der Waals surface area contributed by atoms with Gasteiger partial charge in [-0.15, -0.1) is 0 Å². The number of benzene rings is 2. The highest BCUT2D eigenvalue weighted by Gasteiger charge is 2.05. The standard InChI is InChI=1S/C20H26N2O/c1-14(2)17-7-9-18(10-8-17)21-12-11-20(23)22-19-13-15(3)5-6-16(19)4/h5-10,13-14,21H,11-12H2,1-4H3,(H,22,23). The van der Waals surface area contributed by atoms with E-state index in [1.54, 1.807) is 0 Å². The zero-order valence-electron chi connectivity index (χ0n) is 14.4. The van der Waals surface area contributed by atoms with Crippen LogP contribution in [0.2, 0.25) is 0 Å². The Labute approximate surface area is 139 Å². The average molecular weight is 310 g/mol. The Morgan fingerprint density at radius 3 is 2.39 bits per heavy atom. The molecule has 0 aliphatic rings. The fourth-order valence-corrected chi connectivity index (χ4v) is 2.39. The molecule has 1 amide bonds. The Hall–Kier alpha value is -2.29. The lowest BCUT2D eigenvalue weighted by atomic mass is 10.0. The summed E-state index contributed by atoms with van der Waals surface area (Å²) in [6.45, 7) is 9.01. The van der Waals surface area contributed by atoms with E-state index in [1.807, 2.05) is 32.0 Å². The number of aryl methyl sites for hydroxylation is 2. The van der Waals surface area contributed by atoms with Crippen LogP contribution in [0.4, 0.5) is 11.4 Å². The fourth-order valence-electron chi connectivity index (χ4n) is 2.39. The van der Waals surface area contributed by atoms with E-state index in [0.29, 0.717) is 18.9 Å². The molecule has 3 heteroatoms. The van der Waals surface area contributed by atoms with Gasteiger partial charge in [0.25, 0.3) is 0 Å². The molecule has 0 spiro atoms. The van der Waals surface area contributed by atoms with Crippen LogP contribution in [0.3, 0.4) is 0 Å². The highest BCUT2D eigenvalue weighted by Crippen LogP contribution is 2.18. The maximum absolute atomic E-state index is 12.1. The summed E-state index contributed by atoms with van der Waals surface area (Å²) >= 11 is 0. The maximum atomic E-state index is 12.1. The van der Waals surface area contributed by atoms with Crippen molar-refractivity contribution in [3.05, 3.63) is 59.2 Å². The first kappa shape index (κ1) is 17.1. The van der Waals surface area contributed by atoms with Crippen molar-refractivity contribution >= 4 is 17.3 Å². The third-order valence-corrected chi connectivity index (χ3v) is 3.93. The van der Waals surface area contributed by atoms with E-state index in [1.165, 1.54) is 5.56 Å². The first-order valence-corrected chi connectivity index (χ1v) is 8.16. The van der Waals surface area contributed by atoms with Gasteiger partial charge in [0.15, 0.2) is 0 Å². The van der Waals surface area contributed by atoms with Gasteiger partial charge < -0.3 is 10.6 Å². The van der Waals surface area contributed by atoms with E-state index in [4.69, 9.17) is 0 Å². The molecule has 0 radical (unpaired) electrons. The van der Waals surface area contributed by atoms with Crippen LogP contribution in [0.1, 0.15) is 42.9 Å². The minimum absolute atomic E-state index is 0.0324. The summed E-state index contributed by atoms with van der Waals surface area (Å²) in [5.74, 6) is 0.567. The molecule has 0 unspecified atom stereocenters. The Balaban J connectivity index is 1.81. The number of nitrogens with one attached hydrogen (secondary N) is 2. The molecule has 0 atom stereocenters. The van der Waals surface area contributed by atoms with Crippen molar-refractivity contribution in [1.29, 1.82) is 0 Å². The lowest BCUT2D eigenvalue weighted by Crippen LogP contribution is -2.16. The van der Waals surface area contributed by atoms with Gasteiger partial charge >= 0.3 is 0 Å². The van der Waals surface area contributed by atoms with Gasteiger partial charge in [-0.1, -0.05) is 38.1 Å². The molecule has 122 valence electrons. The lowest BCUT2D eigenvalue weighted by molar-refractivity contribution is -0.115. The second kappa shape index (κ2) is 7.82. The van der Waals surface area contributed by atoms with Crippen LogP contribution in [0, 0.1) is 13.8 Å². The largest absolute Gasteiger partial charge is 0.385 e. The molecular formula is C20H26N2O. The van der Waals surface area contributed by atoms with Gasteiger partial charge in [0, 0.05) is 24.3 Å². The quantitative estimate of drug-likeness (QED) is 0.799. The van der Waals surface area contributed by atoms with Gasteiger partial charge in [-0.3, -0.25) is 4.79 Å². The zero-order chi connectivity index (χ0) is 16.8. The predicted molar refractivity (Wildman–Crippen MR) is 98.2 cm³/mol. The number of hydrogen-bond acceptors (Lipinski definition) is 2.